The molecule has 2 aliphatic rings. The molecular weight excluding hydrogens is 526 g/mol. The smallest absolute Gasteiger partial charge is 0.324 e. The van der Waals surface area contributed by atoms with Crippen LogP contribution in [0.25, 0.3) is 10.2 Å². The quantitative estimate of drug-likeness (QED) is 0.241. The fourth-order valence-electron chi connectivity index (χ4n) is 5.44. The molecule has 6 rings (SSSR count). The fourth-order valence-corrected chi connectivity index (χ4v) is 6.35. The van der Waals surface area contributed by atoms with Gasteiger partial charge in [-0.05, 0) is 68.5 Å². The molecule has 5 N–H and O–H groups in total. The van der Waals surface area contributed by atoms with E-state index < -0.39 is 0 Å². The number of anilines is 4. The number of aryl methyl sites for hydroxylation is 1. The third kappa shape index (κ3) is 5.74. The number of hydrogen-bond donors (Lipinski definition) is 4. The van der Waals surface area contributed by atoms with Crippen molar-refractivity contribution in [2.75, 3.05) is 41.7 Å². The highest BCUT2D eigenvalue weighted by molar-refractivity contribution is 7.22. The second kappa shape index (κ2) is 11.4. The van der Waals surface area contributed by atoms with Crippen LogP contribution in [0, 0.1) is 6.92 Å². The lowest BCUT2D eigenvalue weighted by Gasteiger charge is -2.27. The number of amides is 2. The molecule has 11 nitrogen and oxygen atoms in total. The van der Waals surface area contributed by atoms with Crippen molar-refractivity contribution in [2.24, 2.45) is 5.73 Å². The van der Waals surface area contributed by atoms with Crippen molar-refractivity contribution in [3.63, 3.8) is 0 Å². The van der Waals surface area contributed by atoms with Crippen molar-refractivity contribution in [1.29, 1.82) is 0 Å². The van der Waals surface area contributed by atoms with Crippen LogP contribution in [0.5, 0.6) is 0 Å². The molecule has 3 aromatic heterocycles. The van der Waals surface area contributed by atoms with Gasteiger partial charge in [-0.25, -0.2) is 19.7 Å². The van der Waals surface area contributed by atoms with Gasteiger partial charge < -0.3 is 30.9 Å². The molecule has 2 fully saturated rings. The molecule has 0 unspecified atom stereocenters. The lowest BCUT2D eigenvalue weighted by molar-refractivity contribution is 0.126. The summed E-state index contributed by atoms with van der Waals surface area (Å²) in [5.41, 5.74) is 8.48. The summed E-state index contributed by atoms with van der Waals surface area (Å²) in [6.07, 6.45) is 7.02. The molecule has 210 valence electrons. The Morgan fingerprint density at radius 2 is 1.93 bits per heavy atom. The number of benzene rings is 1. The van der Waals surface area contributed by atoms with Gasteiger partial charge >= 0.3 is 6.03 Å². The predicted molar refractivity (Wildman–Crippen MR) is 158 cm³/mol. The zero-order chi connectivity index (χ0) is 27.6. The number of aliphatic hydroxyl groups is 1. The maximum absolute atomic E-state index is 12.8. The molecule has 0 spiro atoms. The second-order valence-electron chi connectivity index (χ2n) is 10.5. The van der Waals surface area contributed by atoms with Crippen molar-refractivity contribution in [2.45, 2.75) is 51.3 Å². The van der Waals surface area contributed by atoms with Gasteiger partial charge in [0, 0.05) is 56.8 Å². The lowest BCUT2D eigenvalue weighted by atomic mass is 9.93. The van der Waals surface area contributed by atoms with Gasteiger partial charge in [-0.2, -0.15) is 0 Å². The van der Waals surface area contributed by atoms with Crippen molar-refractivity contribution in [1.82, 2.24) is 24.4 Å². The number of imidazole rings is 1. The number of fused-ring (bicyclic) bond motifs is 1. The standard InChI is InChI=1S/C28H35N9O2S/c1-18-30-9-11-36(18)17-19-14-25(31-20-2-5-22(38)6-3-20)33-26(15-19)34-27-32-23-7-4-21(16-24(23)40-27)37-13-12-35(10-8-29)28(37)39/h4,7,9,11,14-16,20,22,38H,2-3,5-6,8,10,12-13,17,29H2,1H3,(H2,31,32,33,34). The maximum atomic E-state index is 12.8. The molecule has 0 atom stereocenters. The van der Waals surface area contributed by atoms with E-state index in [9.17, 15) is 9.90 Å². The van der Waals surface area contributed by atoms with Crippen LogP contribution in [0.15, 0.2) is 42.7 Å². The second-order valence-corrected chi connectivity index (χ2v) is 11.5. The molecule has 1 aromatic carbocycles. The number of nitrogens with one attached hydrogen (secondary N) is 2. The molecule has 0 bridgehead atoms. The summed E-state index contributed by atoms with van der Waals surface area (Å²) in [7, 11) is 0. The van der Waals surface area contributed by atoms with Crippen molar-refractivity contribution >= 4 is 50.0 Å². The Balaban J connectivity index is 1.24. The van der Waals surface area contributed by atoms with E-state index in [-0.39, 0.29) is 18.2 Å². The number of carbonyl (C=O) groups excluding carboxylic acids is 1. The van der Waals surface area contributed by atoms with Crippen LogP contribution in [-0.4, -0.2) is 73.9 Å². The summed E-state index contributed by atoms with van der Waals surface area (Å²) in [5.74, 6) is 2.46. The summed E-state index contributed by atoms with van der Waals surface area (Å²) < 4.78 is 3.10. The number of aromatic nitrogens is 4. The van der Waals surface area contributed by atoms with Crippen LogP contribution in [0.3, 0.4) is 0 Å². The molecule has 0 radical (unpaired) electrons. The van der Waals surface area contributed by atoms with E-state index in [2.05, 4.69) is 26.3 Å². The van der Waals surface area contributed by atoms with Gasteiger partial charge in [0.1, 0.15) is 17.5 Å². The van der Waals surface area contributed by atoms with Crippen LogP contribution in [0.1, 0.15) is 37.1 Å². The van der Waals surface area contributed by atoms with Crippen LogP contribution in [-0.2, 0) is 6.54 Å². The van der Waals surface area contributed by atoms with Gasteiger partial charge in [0.2, 0.25) is 0 Å². The molecular formula is C28H35N9O2S. The molecule has 4 aromatic rings. The zero-order valence-electron chi connectivity index (χ0n) is 22.6. The van der Waals surface area contributed by atoms with Gasteiger partial charge in [-0.15, -0.1) is 0 Å². The van der Waals surface area contributed by atoms with Crippen LogP contribution < -0.4 is 21.3 Å². The average molecular weight is 562 g/mol. The summed E-state index contributed by atoms with van der Waals surface area (Å²) in [4.78, 5) is 30.4. The molecule has 1 saturated carbocycles. The maximum Gasteiger partial charge on any atom is 0.324 e. The highest BCUT2D eigenvalue weighted by Gasteiger charge is 2.29. The Kier molecular flexibility index (Phi) is 7.55. The number of thiazole rings is 1. The number of nitrogens with two attached hydrogens (primary N) is 1. The van der Waals surface area contributed by atoms with Crippen LogP contribution in [0.2, 0.25) is 0 Å². The van der Waals surface area contributed by atoms with E-state index in [1.54, 1.807) is 9.80 Å². The first-order valence-corrected chi connectivity index (χ1v) is 14.6. The Morgan fingerprint density at radius 3 is 2.70 bits per heavy atom. The minimum Gasteiger partial charge on any atom is -0.393 e. The summed E-state index contributed by atoms with van der Waals surface area (Å²) in [6.45, 7) is 5.03. The van der Waals surface area contributed by atoms with E-state index in [4.69, 9.17) is 15.7 Å². The van der Waals surface area contributed by atoms with E-state index in [1.165, 1.54) is 11.3 Å². The Hall–Kier alpha value is -3.74. The number of pyridine rings is 1. The minimum atomic E-state index is -0.202. The first-order chi connectivity index (χ1) is 19.4. The Labute approximate surface area is 237 Å². The van der Waals surface area contributed by atoms with Crippen molar-refractivity contribution < 1.29 is 9.90 Å². The van der Waals surface area contributed by atoms with E-state index in [0.29, 0.717) is 38.5 Å². The zero-order valence-corrected chi connectivity index (χ0v) is 23.4. The average Bonchev–Trinajstić information content (AvgIpc) is 3.63. The molecule has 40 heavy (non-hydrogen) atoms. The normalized spacial score (nSPS) is 19.5. The van der Waals surface area contributed by atoms with Crippen molar-refractivity contribution in [3.8, 4) is 0 Å². The summed E-state index contributed by atoms with van der Waals surface area (Å²) in [5, 5.41) is 17.7. The molecule has 2 amide bonds. The topological polar surface area (TPSA) is 137 Å². The molecule has 12 heteroatoms. The third-order valence-corrected chi connectivity index (χ3v) is 8.56. The van der Waals surface area contributed by atoms with Crippen LogP contribution in [0.4, 0.5) is 27.2 Å². The molecule has 1 saturated heterocycles. The predicted octanol–water partition coefficient (Wildman–Crippen LogP) is 3.90. The summed E-state index contributed by atoms with van der Waals surface area (Å²) >= 11 is 1.54. The van der Waals surface area contributed by atoms with Gasteiger partial charge in [0.15, 0.2) is 5.13 Å². The SMILES string of the molecule is Cc1nccn1Cc1cc(Nc2nc3ccc(N4CCN(CCN)C4=O)cc3s2)nc(NC2CCC(O)CC2)c1. The Morgan fingerprint density at radius 1 is 1.10 bits per heavy atom. The summed E-state index contributed by atoms with van der Waals surface area (Å²) in [6, 6.07) is 10.3. The van der Waals surface area contributed by atoms with E-state index in [1.807, 2.05) is 43.6 Å². The largest absolute Gasteiger partial charge is 0.393 e. The van der Waals surface area contributed by atoms with Gasteiger partial charge in [-0.1, -0.05) is 11.3 Å². The number of rotatable bonds is 9. The number of urea groups is 1. The molecule has 1 aliphatic carbocycles. The third-order valence-electron chi connectivity index (χ3n) is 7.62. The molecule has 1 aliphatic heterocycles. The monoisotopic (exact) mass is 561 g/mol. The number of carbonyl (C=O) groups is 1. The highest BCUT2D eigenvalue weighted by Crippen LogP contribution is 2.33. The van der Waals surface area contributed by atoms with Gasteiger partial charge in [0.05, 0.1) is 16.3 Å². The number of aliphatic hydroxyl groups excluding tert-OH is 1. The lowest BCUT2D eigenvalue weighted by Crippen LogP contribution is -2.34. The highest BCUT2D eigenvalue weighted by atomic mass is 32.1. The van der Waals surface area contributed by atoms with Crippen LogP contribution >= 0.6 is 11.3 Å². The fraction of sp³-hybridized carbons (Fsp3) is 0.429. The van der Waals surface area contributed by atoms with E-state index >= 15 is 0 Å². The van der Waals surface area contributed by atoms with Crippen molar-refractivity contribution in [3.05, 3.63) is 54.1 Å². The van der Waals surface area contributed by atoms with E-state index in [0.717, 1.165) is 63.9 Å². The number of nitrogens with zero attached hydrogens (tertiary/aromatic N) is 6. The number of hydrogen-bond acceptors (Lipinski definition) is 9. The first-order valence-electron chi connectivity index (χ1n) is 13.8. The van der Waals surface area contributed by atoms with Gasteiger partial charge in [-0.3, -0.25) is 4.90 Å². The minimum absolute atomic E-state index is 0.00527. The first kappa shape index (κ1) is 26.5. The van der Waals surface area contributed by atoms with Gasteiger partial charge in [0.25, 0.3) is 0 Å². The Bertz CT molecular complexity index is 1490. The molecule has 4 heterocycles.